The van der Waals surface area contributed by atoms with Gasteiger partial charge in [0, 0.05) is 16.7 Å². The van der Waals surface area contributed by atoms with E-state index in [0.717, 1.165) is 44.8 Å². The largest absolute Gasteiger partial charge is 0.344 e. The monoisotopic (exact) mass is 765 g/mol. The zero-order valence-corrected chi connectivity index (χ0v) is 32.8. The zero-order valence-electron chi connectivity index (χ0n) is 32.8. The van der Waals surface area contributed by atoms with E-state index < -0.39 is 0 Å². The van der Waals surface area contributed by atoms with Crippen molar-refractivity contribution in [3.05, 3.63) is 241 Å². The molecule has 0 radical (unpaired) electrons. The molecule has 1 aliphatic rings. The lowest BCUT2D eigenvalue weighted by atomic mass is 9.95. The van der Waals surface area contributed by atoms with Crippen molar-refractivity contribution < 1.29 is 0 Å². The minimum Gasteiger partial charge on any atom is -0.344 e. The summed E-state index contributed by atoms with van der Waals surface area (Å²) in [5, 5.41) is 11.1. The average Bonchev–Trinajstić information content (AvgIpc) is 3.33. The standard InChI is InChI=1S/C57H39N3/c1-2-13-39(14-3-1)53-21-8-9-22-54(53)57-59-55(42-27-25-41(26-28-42)52-23-11-17-40-15-6-7-20-51(40)52)58-56(60-57)50-19-10-18-44(37-50)45-30-31-49-36-48(33-32-47(49)35-45)46-29-24-38-12-4-5-16-43(38)34-46/h1-37,57H,(H,58,59,60). The number of aliphatic imine (C=N–C) groups is 2. The smallest absolute Gasteiger partial charge is 0.159 e. The first-order chi connectivity index (χ1) is 29.7. The maximum absolute atomic E-state index is 5.34. The van der Waals surface area contributed by atoms with E-state index in [-0.39, 0.29) is 6.17 Å². The maximum Gasteiger partial charge on any atom is 0.159 e. The second-order valence-corrected chi connectivity index (χ2v) is 15.4. The Labute approximate surface area is 349 Å². The van der Waals surface area contributed by atoms with E-state index in [4.69, 9.17) is 9.98 Å². The Morgan fingerprint density at radius 3 is 1.57 bits per heavy atom. The third-order valence-corrected chi connectivity index (χ3v) is 11.7. The molecule has 11 rings (SSSR count). The Balaban J connectivity index is 0.961. The second kappa shape index (κ2) is 15.1. The number of amidine groups is 2. The average molecular weight is 766 g/mol. The van der Waals surface area contributed by atoms with E-state index in [1.54, 1.807) is 0 Å². The summed E-state index contributed by atoms with van der Waals surface area (Å²) in [6.07, 6.45) is -0.359. The summed E-state index contributed by atoms with van der Waals surface area (Å²) < 4.78 is 0. The SMILES string of the molecule is c1ccc(-c2ccccc2C2N=C(c3cccc(-c4ccc5cc(-c6ccc7ccccc7c6)ccc5c4)c3)N=C(c3ccc(-c4cccc5ccccc45)cc3)N2)cc1. The number of fused-ring (bicyclic) bond motifs is 3. The van der Waals surface area contributed by atoms with Gasteiger partial charge in [-0.05, 0) is 101 Å². The fraction of sp³-hybridized carbons (Fsp3) is 0.0175. The van der Waals surface area contributed by atoms with Crippen molar-refractivity contribution in [1.29, 1.82) is 0 Å². The van der Waals surface area contributed by atoms with E-state index in [9.17, 15) is 0 Å². The van der Waals surface area contributed by atoms with Crippen LogP contribution in [0.25, 0.3) is 76.8 Å². The molecule has 1 unspecified atom stereocenters. The molecule has 0 saturated heterocycles. The number of nitrogens with one attached hydrogen (secondary N) is 1. The molecule has 0 aliphatic carbocycles. The fourth-order valence-corrected chi connectivity index (χ4v) is 8.60. The van der Waals surface area contributed by atoms with E-state index in [1.165, 1.54) is 54.6 Å². The van der Waals surface area contributed by atoms with Crippen molar-refractivity contribution in [1.82, 2.24) is 5.32 Å². The normalized spacial score (nSPS) is 13.8. The molecule has 1 heterocycles. The van der Waals surface area contributed by atoms with Crippen molar-refractivity contribution >= 4 is 44.0 Å². The van der Waals surface area contributed by atoms with Gasteiger partial charge in [-0.15, -0.1) is 0 Å². The van der Waals surface area contributed by atoms with Crippen LogP contribution in [0.4, 0.5) is 0 Å². The maximum atomic E-state index is 5.34. The first kappa shape index (κ1) is 35.3. The number of rotatable bonds is 7. The van der Waals surface area contributed by atoms with Gasteiger partial charge in [-0.3, -0.25) is 0 Å². The molecule has 3 nitrogen and oxygen atoms in total. The fourth-order valence-electron chi connectivity index (χ4n) is 8.60. The van der Waals surface area contributed by atoms with Gasteiger partial charge in [0.1, 0.15) is 12.0 Å². The molecule has 282 valence electrons. The van der Waals surface area contributed by atoms with E-state index in [0.29, 0.717) is 5.84 Å². The summed E-state index contributed by atoms with van der Waals surface area (Å²) in [7, 11) is 0. The van der Waals surface area contributed by atoms with Gasteiger partial charge in [0.15, 0.2) is 5.84 Å². The van der Waals surface area contributed by atoms with Crippen LogP contribution >= 0.6 is 0 Å². The molecule has 3 heteroatoms. The lowest BCUT2D eigenvalue weighted by molar-refractivity contribution is 0.676. The highest BCUT2D eigenvalue weighted by Crippen LogP contribution is 2.34. The summed E-state index contributed by atoms with van der Waals surface area (Å²) in [5.41, 5.74) is 12.4. The zero-order chi connectivity index (χ0) is 39.8. The molecule has 0 spiro atoms. The number of hydrogen-bond donors (Lipinski definition) is 1. The summed E-state index contributed by atoms with van der Waals surface area (Å²) in [6, 6.07) is 80.2. The molecule has 10 aromatic rings. The lowest BCUT2D eigenvalue weighted by Crippen LogP contribution is -2.33. The Bertz CT molecular complexity index is 3280. The number of nitrogens with zero attached hydrogens (tertiary/aromatic N) is 2. The van der Waals surface area contributed by atoms with E-state index >= 15 is 0 Å². The van der Waals surface area contributed by atoms with Crippen molar-refractivity contribution in [2.75, 3.05) is 0 Å². The van der Waals surface area contributed by atoms with Crippen LogP contribution in [0.2, 0.25) is 0 Å². The van der Waals surface area contributed by atoms with E-state index in [2.05, 4.69) is 230 Å². The van der Waals surface area contributed by atoms with E-state index in [1.807, 2.05) is 0 Å². The van der Waals surface area contributed by atoms with Gasteiger partial charge in [-0.2, -0.15) is 0 Å². The van der Waals surface area contributed by atoms with Gasteiger partial charge in [-0.25, -0.2) is 9.98 Å². The van der Waals surface area contributed by atoms with Crippen molar-refractivity contribution in [3.63, 3.8) is 0 Å². The Morgan fingerprint density at radius 2 is 0.800 bits per heavy atom. The first-order valence-electron chi connectivity index (χ1n) is 20.5. The Hall–Kier alpha value is -7.88. The molecule has 1 atom stereocenters. The van der Waals surface area contributed by atoms with Gasteiger partial charge in [0.25, 0.3) is 0 Å². The van der Waals surface area contributed by atoms with Gasteiger partial charge in [0.05, 0.1) is 0 Å². The summed E-state index contributed by atoms with van der Waals surface area (Å²) in [6.45, 7) is 0. The van der Waals surface area contributed by atoms with Crippen LogP contribution in [0, 0.1) is 0 Å². The second-order valence-electron chi connectivity index (χ2n) is 15.4. The minimum atomic E-state index is -0.359. The van der Waals surface area contributed by atoms with Crippen LogP contribution in [0.1, 0.15) is 22.9 Å². The van der Waals surface area contributed by atoms with Crippen molar-refractivity contribution in [2.45, 2.75) is 6.17 Å². The van der Waals surface area contributed by atoms with Gasteiger partial charge < -0.3 is 5.32 Å². The highest BCUT2D eigenvalue weighted by molar-refractivity contribution is 6.13. The Morgan fingerprint density at radius 1 is 0.317 bits per heavy atom. The summed E-state index contributed by atoms with van der Waals surface area (Å²) >= 11 is 0. The highest BCUT2D eigenvalue weighted by Gasteiger charge is 2.24. The van der Waals surface area contributed by atoms with Crippen molar-refractivity contribution in [3.8, 4) is 44.5 Å². The van der Waals surface area contributed by atoms with Gasteiger partial charge in [0.2, 0.25) is 0 Å². The molecule has 1 N–H and O–H groups in total. The topological polar surface area (TPSA) is 36.8 Å². The molecular weight excluding hydrogens is 727 g/mol. The quantitative estimate of drug-likeness (QED) is 0.172. The Kier molecular flexibility index (Phi) is 8.90. The molecule has 10 aromatic carbocycles. The number of hydrogen-bond acceptors (Lipinski definition) is 3. The van der Waals surface area contributed by atoms with Gasteiger partial charge >= 0.3 is 0 Å². The molecule has 0 bridgehead atoms. The molecular formula is C57H39N3. The predicted octanol–water partition coefficient (Wildman–Crippen LogP) is 14.3. The molecule has 0 amide bonds. The van der Waals surface area contributed by atoms with Gasteiger partial charge in [-0.1, -0.05) is 200 Å². The third-order valence-electron chi connectivity index (χ3n) is 11.7. The predicted molar refractivity (Wildman–Crippen MR) is 253 cm³/mol. The molecule has 0 aromatic heterocycles. The van der Waals surface area contributed by atoms with Crippen molar-refractivity contribution in [2.24, 2.45) is 9.98 Å². The first-order valence-corrected chi connectivity index (χ1v) is 20.5. The van der Waals surface area contributed by atoms with Crippen LogP contribution in [-0.2, 0) is 0 Å². The van der Waals surface area contributed by atoms with Crippen LogP contribution in [0.15, 0.2) is 234 Å². The highest BCUT2D eigenvalue weighted by atomic mass is 15.2. The number of benzene rings is 10. The van der Waals surface area contributed by atoms with Crippen LogP contribution in [0.3, 0.4) is 0 Å². The molecule has 0 fully saturated rings. The van der Waals surface area contributed by atoms with Crippen LogP contribution in [-0.4, -0.2) is 11.7 Å². The molecule has 1 aliphatic heterocycles. The molecule has 0 saturated carbocycles. The molecule has 60 heavy (non-hydrogen) atoms. The third kappa shape index (κ3) is 6.72. The summed E-state index contributed by atoms with van der Waals surface area (Å²) in [5.74, 6) is 1.48. The van der Waals surface area contributed by atoms with Crippen LogP contribution < -0.4 is 5.32 Å². The lowest BCUT2D eigenvalue weighted by Gasteiger charge is -2.25. The summed E-state index contributed by atoms with van der Waals surface area (Å²) in [4.78, 5) is 10.6. The minimum absolute atomic E-state index is 0.359. The van der Waals surface area contributed by atoms with Crippen LogP contribution in [0.5, 0.6) is 0 Å².